The zero-order chi connectivity index (χ0) is 17.1. The monoisotopic (exact) mass is 366 g/mol. The first-order chi connectivity index (χ1) is 11.5. The fourth-order valence-electron chi connectivity index (χ4n) is 2.80. The van der Waals surface area contributed by atoms with Crippen molar-refractivity contribution >= 4 is 39.2 Å². The molecule has 0 spiro atoms. The largest absolute Gasteiger partial charge is 0.494 e. The highest BCUT2D eigenvalue weighted by Crippen LogP contribution is 2.32. The van der Waals surface area contributed by atoms with Crippen LogP contribution in [0.5, 0.6) is 5.75 Å². The number of thiazole rings is 1. The number of hydrogen-bond donors (Lipinski definition) is 0. The van der Waals surface area contributed by atoms with Gasteiger partial charge in [0.2, 0.25) is 5.91 Å². The van der Waals surface area contributed by atoms with E-state index in [4.69, 9.17) is 9.47 Å². The molecule has 5 nitrogen and oxygen atoms in total. The van der Waals surface area contributed by atoms with E-state index in [1.165, 1.54) is 11.8 Å². The standard InChI is InChI=1S/C17H22N2O3S2/c1-4-21-13-5-6-14-15(7-13)24-17(18-14)23-10-16(20)19-8-11(2)22-12(3)9-19/h5-7,11-12H,4,8-10H2,1-3H3/t11-,12-/m1/s1. The average Bonchev–Trinajstić information content (AvgIpc) is 2.94. The van der Waals surface area contributed by atoms with Gasteiger partial charge in [-0.15, -0.1) is 11.3 Å². The van der Waals surface area contributed by atoms with Crippen molar-refractivity contribution in [3.05, 3.63) is 18.2 Å². The molecule has 1 fully saturated rings. The van der Waals surface area contributed by atoms with Crippen molar-refractivity contribution in [3.8, 4) is 5.75 Å². The molecule has 3 rings (SSSR count). The maximum Gasteiger partial charge on any atom is 0.233 e. The molecule has 130 valence electrons. The number of thioether (sulfide) groups is 1. The maximum atomic E-state index is 12.4. The quantitative estimate of drug-likeness (QED) is 0.759. The molecule has 24 heavy (non-hydrogen) atoms. The van der Waals surface area contributed by atoms with Crippen LogP contribution in [0.2, 0.25) is 0 Å². The third-order valence-electron chi connectivity index (χ3n) is 3.74. The van der Waals surface area contributed by atoms with Crippen LogP contribution in [0.15, 0.2) is 22.5 Å². The van der Waals surface area contributed by atoms with Crippen molar-refractivity contribution in [3.63, 3.8) is 0 Å². The van der Waals surface area contributed by atoms with Crippen LogP contribution in [0.4, 0.5) is 0 Å². The fourth-order valence-corrected chi connectivity index (χ4v) is 4.80. The van der Waals surface area contributed by atoms with E-state index in [0.717, 1.165) is 20.3 Å². The Labute approximate surface area is 150 Å². The second-order valence-electron chi connectivity index (χ2n) is 5.89. The zero-order valence-corrected chi connectivity index (χ0v) is 15.8. The summed E-state index contributed by atoms with van der Waals surface area (Å²) >= 11 is 3.11. The Morgan fingerprint density at radius 1 is 1.42 bits per heavy atom. The number of rotatable bonds is 5. The summed E-state index contributed by atoms with van der Waals surface area (Å²) in [5, 5.41) is 0. The van der Waals surface area contributed by atoms with E-state index < -0.39 is 0 Å². The van der Waals surface area contributed by atoms with Crippen molar-refractivity contribution in [2.24, 2.45) is 0 Å². The van der Waals surface area contributed by atoms with Gasteiger partial charge in [-0.05, 0) is 39.0 Å². The first-order valence-electron chi connectivity index (χ1n) is 8.14. The summed E-state index contributed by atoms with van der Waals surface area (Å²) in [7, 11) is 0. The molecular formula is C17H22N2O3S2. The minimum absolute atomic E-state index is 0.0992. The number of carbonyl (C=O) groups is 1. The Kier molecular flexibility index (Phi) is 5.63. The summed E-state index contributed by atoms with van der Waals surface area (Å²) in [4.78, 5) is 18.9. The Morgan fingerprint density at radius 3 is 2.88 bits per heavy atom. The molecule has 1 aliphatic rings. The number of nitrogens with zero attached hydrogens (tertiary/aromatic N) is 2. The summed E-state index contributed by atoms with van der Waals surface area (Å²) < 4.78 is 13.2. The molecule has 0 bridgehead atoms. The molecule has 0 aliphatic carbocycles. The van der Waals surface area contributed by atoms with Crippen LogP contribution >= 0.6 is 23.1 Å². The summed E-state index contributed by atoms with van der Waals surface area (Å²) in [6, 6.07) is 5.91. The Morgan fingerprint density at radius 2 is 2.17 bits per heavy atom. The minimum atomic E-state index is 0.0992. The van der Waals surface area contributed by atoms with Gasteiger partial charge in [0.25, 0.3) is 0 Å². The highest BCUT2D eigenvalue weighted by Gasteiger charge is 2.25. The minimum Gasteiger partial charge on any atom is -0.494 e. The molecule has 1 aliphatic heterocycles. The van der Waals surface area contributed by atoms with Gasteiger partial charge in [-0.3, -0.25) is 4.79 Å². The van der Waals surface area contributed by atoms with Gasteiger partial charge in [-0.2, -0.15) is 0 Å². The fraction of sp³-hybridized carbons (Fsp3) is 0.529. The Balaban J connectivity index is 1.61. The lowest BCUT2D eigenvalue weighted by Crippen LogP contribution is -2.48. The van der Waals surface area contributed by atoms with E-state index in [0.29, 0.717) is 25.4 Å². The number of benzene rings is 1. The van der Waals surface area contributed by atoms with Gasteiger partial charge in [0, 0.05) is 13.1 Å². The summed E-state index contributed by atoms with van der Waals surface area (Å²) in [5.74, 6) is 1.42. The lowest BCUT2D eigenvalue weighted by Gasteiger charge is -2.35. The lowest BCUT2D eigenvalue weighted by molar-refractivity contribution is -0.140. The van der Waals surface area contributed by atoms with Crippen LogP contribution in [0.25, 0.3) is 10.2 Å². The van der Waals surface area contributed by atoms with Crippen LogP contribution in [-0.2, 0) is 9.53 Å². The number of ether oxygens (including phenoxy) is 2. The number of carbonyl (C=O) groups excluding carboxylic acids is 1. The van der Waals surface area contributed by atoms with E-state index in [-0.39, 0.29) is 18.1 Å². The second-order valence-corrected chi connectivity index (χ2v) is 8.14. The molecule has 0 saturated carbocycles. The summed E-state index contributed by atoms with van der Waals surface area (Å²) in [5.41, 5.74) is 0.951. The molecule has 1 amide bonds. The van der Waals surface area contributed by atoms with Gasteiger partial charge in [0.1, 0.15) is 5.75 Å². The number of aromatic nitrogens is 1. The Bertz CT molecular complexity index is 709. The van der Waals surface area contributed by atoms with Crippen molar-refractivity contribution < 1.29 is 14.3 Å². The van der Waals surface area contributed by atoms with Crippen LogP contribution < -0.4 is 4.74 Å². The molecule has 0 unspecified atom stereocenters. The Hall–Kier alpha value is -1.31. The van der Waals surface area contributed by atoms with E-state index >= 15 is 0 Å². The van der Waals surface area contributed by atoms with Crippen molar-refractivity contribution in [2.75, 3.05) is 25.4 Å². The van der Waals surface area contributed by atoms with Gasteiger partial charge in [0.15, 0.2) is 4.34 Å². The van der Waals surface area contributed by atoms with Crippen LogP contribution in [0.1, 0.15) is 20.8 Å². The normalized spacial score (nSPS) is 21.2. The molecule has 2 heterocycles. The number of fused-ring (bicyclic) bond motifs is 1. The third-order valence-corrected chi connectivity index (χ3v) is 5.89. The number of amides is 1. The van der Waals surface area contributed by atoms with Crippen molar-refractivity contribution in [2.45, 2.75) is 37.3 Å². The van der Waals surface area contributed by atoms with E-state index in [1.807, 2.05) is 43.9 Å². The predicted molar refractivity (Wildman–Crippen MR) is 98.1 cm³/mol. The van der Waals surface area contributed by atoms with Gasteiger partial charge < -0.3 is 14.4 Å². The van der Waals surface area contributed by atoms with Gasteiger partial charge >= 0.3 is 0 Å². The highest BCUT2D eigenvalue weighted by atomic mass is 32.2. The van der Waals surface area contributed by atoms with Gasteiger partial charge in [0.05, 0.1) is 34.8 Å². The molecular weight excluding hydrogens is 344 g/mol. The third kappa shape index (κ3) is 4.20. The molecule has 1 saturated heterocycles. The molecule has 0 N–H and O–H groups in total. The first-order valence-corrected chi connectivity index (χ1v) is 9.94. The van der Waals surface area contributed by atoms with E-state index in [9.17, 15) is 4.79 Å². The average molecular weight is 367 g/mol. The van der Waals surface area contributed by atoms with Crippen molar-refractivity contribution in [1.82, 2.24) is 9.88 Å². The van der Waals surface area contributed by atoms with Gasteiger partial charge in [-0.25, -0.2) is 4.98 Å². The van der Waals surface area contributed by atoms with E-state index in [1.54, 1.807) is 11.3 Å². The molecule has 1 aromatic heterocycles. The smallest absolute Gasteiger partial charge is 0.233 e. The number of morpholine rings is 1. The molecule has 0 radical (unpaired) electrons. The van der Waals surface area contributed by atoms with Crippen LogP contribution in [0.3, 0.4) is 0 Å². The van der Waals surface area contributed by atoms with Crippen LogP contribution in [0, 0.1) is 0 Å². The van der Waals surface area contributed by atoms with Crippen molar-refractivity contribution in [1.29, 1.82) is 0 Å². The topological polar surface area (TPSA) is 51.7 Å². The first kappa shape index (κ1) is 17.5. The molecule has 2 atom stereocenters. The second kappa shape index (κ2) is 7.72. The lowest BCUT2D eigenvalue weighted by atomic mass is 10.2. The molecule has 2 aromatic rings. The molecule has 1 aromatic carbocycles. The maximum absolute atomic E-state index is 12.4. The zero-order valence-electron chi connectivity index (χ0n) is 14.2. The van der Waals surface area contributed by atoms with E-state index in [2.05, 4.69) is 4.98 Å². The summed E-state index contributed by atoms with van der Waals surface area (Å²) in [6.07, 6.45) is 0.198. The van der Waals surface area contributed by atoms with Gasteiger partial charge in [-0.1, -0.05) is 11.8 Å². The SMILES string of the molecule is CCOc1ccc2nc(SCC(=O)N3C[C@@H](C)O[C@H](C)C3)sc2c1. The molecule has 7 heteroatoms. The predicted octanol–water partition coefficient (Wildman–Crippen LogP) is 3.42. The van der Waals surface area contributed by atoms with Crippen LogP contribution in [-0.4, -0.2) is 53.4 Å². The number of hydrogen-bond acceptors (Lipinski definition) is 6. The summed E-state index contributed by atoms with van der Waals surface area (Å²) in [6.45, 7) is 7.97. The highest BCUT2D eigenvalue weighted by molar-refractivity contribution is 8.01.